The number of hydrogen-bond acceptors (Lipinski definition) is 4. The molecule has 0 aromatic heterocycles. The van der Waals surface area contributed by atoms with Gasteiger partial charge in [0.05, 0.1) is 13.2 Å². The fraction of sp³-hybridized carbons (Fsp3) is 0.381. The van der Waals surface area contributed by atoms with Crippen molar-refractivity contribution in [3.05, 3.63) is 58.1 Å². The lowest BCUT2D eigenvalue weighted by Crippen LogP contribution is -2.51. The fourth-order valence-corrected chi connectivity index (χ4v) is 3.27. The summed E-state index contributed by atoms with van der Waals surface area (Å²) in [5, 5.41) is 1.27. The topological polar surface area (TPSA) is 48.0 Å². The first kappa shape index (κ1) is 20.8. The van der Waals surface area contributed by atoms with Crippen molar-refractivity contribution < 1.29 is 19.0 Å². The Bertz CT molecular complexity index is 830. The second-order valence-electron chi connectivity index (χ2n) is 6.72. The largest absolute Gasteiger partial charge is 0.491 e. The van der Waals surface area contributed by atoms with Crippen molar-refractivity contribution in [1.82, 2.24) is 4.90 Å². The van der Waals surface area contributed by atoms with E-state index in [0.717, 1.165) is 11.3 Å². The summed E-state index contributed by atoms with van der Waals surface area (Å²) in [7, 11) is 0. The molecule has 150 valence electrons. The van der Waals surface area contributed by atoms with E-state index in [2.05, 4.69) is 0 Å². The molecule has 1 fully saturated rings. The molecule has 0 spiro atoms. The van der Waals surface area contributed by atoms with Gasteiger partial charge in [0.2, 0.25) is 0 Å². The van der Waals surface area contributed by atoms with E-state index in [1.165, 1.54) is 0 Å². The van der Waals surface area contributed by atoms with E-state index >= 15 is 0 Å². The molecule has 0 bridgehead atoms. The van der Waals surface area contributed by atoms with Crippen LogP contribution in [0.4, 0.5) is 0 Å². The van der Waals surface area contributed by atoms with Crippen molar-refractivity contribution in [2.45, 2.75) is 26.1 Å². The minimum absolute atomic E-state index is 0.0874. The van der Waals surface area contributed by atoms with Crippen LogP contribution in [0.25, 0.3) is 0 Å². The van der Waals surface area contributed by atoms with Gasteiger partial charge in [0.15, 0.2) is 6.10 Å². The maximum Gasteiger partial charge on any atom is 0.263 e. The van der Waals surface area contributed by atoms with E-state index in [0.29, 0.717) is 42.1 Å². The van der Waals surface area contributed by atoms with Gasteiger partial charge in [0.25, 0.3) is 5.91 Å². The summed E-state index contributed by atoms with van der Waals surface area (Å²) in [5.41, 5.74) is 0.951. The first-order valence-electron chi connectivity index (χ1n) is 9.14. The van der Waals surface area contributed by atoms with Crippen LogP contribution >= 0.6 is 23.2 Å². The lowest BCUT2D eigenvalue weighted by molar-refractivity contribution is -0.146. The number of ether oxygens (including phenoxy) is 3. The number of carbonyl (C=O) groups is 1. The maximum absolute atomic E-state index is 12.7. The van der Waals surface area contributed by atoms with Crippen molar-refractivity contribution in [1.29, 1.82) is 0 Å². The van der Waals surface area contributed by atoms with Crippen LogP contribution in [-0.2, 0) is 9.53 Å². The van der Waals surface area contributed by atoms with Crippen LogP contribution in [0.15, 0.2) is 42.5 Å². The van der Waals surface area contributed by atoms with Crippen molar-refractivity contribution >= 4 is 29.1 Å². The standard InChI is InChI=1S/C21H23Cl2NO4/c1-14-10-17(6-7-20(14)23)27-13-19-12-24(8-9-26-19)21(25)15(2)28-18-5-3-4-16(22)11-18/h3-7,10-11,15,19H,8-9,12-13H2,1-2H3. The molecular formula is C21H23Cl2NO4. The molecule has 3 rings (SSSR count). The summed E-state index contributed by atoms with van der Waals surface area (Å²) >= 11 is 12.0. The van der Waals surface area contributed by atoms with E-state index in [9.17, 15) is 4.79 Å². The molecule has 28 heavy (non-hydrogen) atoms. The molecule has 2 atom stereocenters. The number of nitrogens with zero attached hydrogens (tertiary/aromatic N) is 1. The van der Waals surface area contributed by atoms with Crippen molar-refractivity contribution in [3.8, 4) is 11.5 Å². The predicted octanol–water partition coefficient (Wildman–Crippen LogP) is 4.38. The summed E-state index contributed by atoms with van der Waals surface area (Å²) in [6, 6.07) is 12.5. The van der Waals surface area contributed by atoms with E-state index in [4.69, 9.17) is 37.4 Å². The quantitative estimate of drug-likeness (QED) is 0.691. The van der Waals surface area contributed by atoms with Crippen molar-refractivity contribution in [2.75, 3.05) is 26.3 Å². The Hall–Kier alpha value is -1.95. The highest BCUT2D eigenvalue weighted by molar-refractivity contribution is 6.31. The average molecular weight is 424 g/mol. The minimum atomic E-state index is -0.614. The second-order valence-corrected chi connectivity index (χ2v) is 7.56. The van der Waals surface area contributed by atoms with E-state index in [-0.39, 0.29) is 12.0 Å². The average Bonchev–Trinajstić information content (AvgIpc) is 2.68. The number of carbonyl (C=O) groups excluding carboxylic acids is 1. The zero-order valence-corrected chi connectivity index (χ0v) is 17.4. The molecule has 2 unspecified atom stereocenters. The summed E-state index contributed by atoms with van der Waals surface area (Å²) in [6.45, 7) is 5.46. The summed E-state index contributed by atoms with van der Waals surface area (Å²) < 4.78 is 17.3. The smallest absolute Gasteiger partial charge is 0.263 e. The van der Waals surface area contributed by atoms with E-state index < -0.39 is 6.10 Å². The first-order valence-corrected chi connectivity index (χ1v) is 9.89. The fourth-order valence-electron chi connectivity index (χ4n) is 2.97. The molecule has 2 aromatic rings. The third kappa shape index (κ3) is 5.53. The summed E-state index contributed by atoms with van der Waals surface area (Å²) in [6.07, 6.45) is -0.816. The lowest BCUT2D eigenvalue weighted by Gasteiger charge is -2.34. The Morgan fingerprint density at radius 2 is 2.07 bits per heavy atom. The minimum Gasteiger partial charge on any atom is -0.491 e. The van der Waals surface area contributed by atoms with Crippen molar-refractivity contribution in [2.24, 2.45) is 0 Å². The van der Waals surface area contributed by atoms with Crippen LogP contribution in [0.1, 0.15) is 12.5 Å². The van der Waals surface area contributed by atoms with Crippen LogP contribution in [0.3, 0.4) is 0 Å². The van der Waals surface area contributed by atoms with Gasteiger partial charge in [0, 0.05) is 16.6 Å². The first-order chi connectivity index (χ1) is 13.4. The molecule has 0 N–H and O–H groups in total. The molecule has 0 saturated carbocycles. The Morgan fingerprint density at radius 1 is 1.25 bits per heavy atom. The van der Waals surface area contributed by atoms with Gasteiger partial charge in [-0.25, -0.2) is 0 Å². The number of amides is 1. The molecule has 1 amide bonds. The third-order valence-corrected chi connectivity index (χ3v) is 5.13. The van der Waals surface area contributed by atoms with Gasteiger partial charge in [-0.1, -0.05) is 29.3 Å². The normalized spacial score (nSPS) is 17.9. The highest BCUT2D eigenvalue weighted by Gasteiger charge is 2.28. The van der Waals surface area contributed by atoms with Crippen LogP contribution in [0.2, 0.25) is 10.0 Å². The molecule has 1 saturated heterocycles. The monoisotopic (exact) mass is 423 g/mol. The Morgan fingerprint density at radius 3 is 2.82 bits per heavy atom. The van der Waals surface area contributed by atoms with Crippen molar-refractivity contribution in [3.63, 3.8) is 0 Å². The SMILES string of the molecule is Cc1cc(OCC2CN(C(=O)C(C)Oc3cccc(Cl)c3)CCO2)ccc1Cl. The van der Waals surface area contributed by atoms with Gasteiger partial charge in [-0.05, 0) is 55.8 Å². The van der Waals surface area contributed by atoms with Crippen LogP contribution in [0, 0.1) is 6.92 Å². The number of hydrogen-bond donors (Lipinski definition) is 0. The highest BCUT2D eigenvalue weighted by atomic mass is 35.5. The maximum atomic E-state index is 12.7. The van der Waals surface area contributed by atoms with Gasteiger partial charge >= 0.3 is 0 Å². The van der Waals surface area contributed by atoms with E-state index in [1.807, 2.05) is 19.1 Å². The number of morpholine rings is 1. The Balaban J connectivity index is 1.53. The van der Waals surface area contributed by atoms with E-state index in [1.54, 1.807) is 42.2 Å². The molecular weight excluding hydrogens is 401 g/mol. The number of benzene rings is 2. The third-order valence-electron chi connectivity index (χ3n) is 4.47. The zero-order chi connectivity index (χ0) is 20.1. The highest BCUT2D eigenvalue weighted by Crippen LogP contribution is 2.22. The second kappa shape index (κ2) is 9.50. The van der Waals surface area contributed by atoms with Crippen LogP contribution < -0.4 is 9.47 Å². The number of rotatable bonds is 6. The van der Waals surface area contributed by atoms with Gasteiger partial charge in [0.1, 0.15) is 24.2 Å². The molecule has 0 radical (unpaired) electrons. The van der Waals surface area contributed by atoms with Crippen LogP contribution in [0.5, 0.6) is 11.5 Å². The molecule has 7 heteroatoms. The molecule has 0 aliphatic carbocycles. The van der Waals surface area contributed by atoms with Gasteiger partial charge < -0.3 is 19.1 Å². The molecule has 1 aliphatic rings. The number of aryl methyl sites for hydroxylation is 1. The summed E-state index contributed by atoms with van der Waals surface area (Å²) in [5.74, 6) is 1.21. The lowest BCUT2D eigenvalue weighted by atomic mass is 10.2. The molecule has 5 nitrogen and oxygen atoms in total. The molecule has 1 aliphatic heterocycles. The molecule has 1 heterocycles. The Kier molecular flexibility index (Phi) is 7.05. The Labute approximate surface area is 175 Å². The zero-order valence-electron chi connectivity index (χ0n) is 15.9. The predicted molar refractivity (Wildman–Crippen MR) is 110 cm³/mol. The van der Waals surface area contributed by atoms with Crippen LogP contribution in [-0.4, -0.2) is 49.3 Å². The van der Waals surface area contributed by atoms with Gasteiger partial charge in [-0.15, -0.1) is 0 Å². The number of halogens is 2. The van der Waals surface area contributed by atoms with Gasteiger partial charge in [-0.3, -0.25) is 4.79 Å². The van der Waals surface area contributed by atoms with Gasteiger partial charge in [-0.2, -0.15) is 0 Å². The summed E-state index contributed by atoms with van der Waals surface area (Å²) in [4.78, 5) is 14.5. The molecule has 2 aromatic carbocycles.